The molecule has 4 nitrogen and oxygen atoms in total. The number of carbonyl (C=O) groups is 2. The fourth-order valence-electron chi connectivity index (χ4n) is 2.01. The minimum atomic E-state index is -0.143. The summed E-state index contributed by atoms with van der Waals surface area (Å²) >= 11 is 0. The SMILES string of the molecule is CC(C)C(C)NC(=O)CCNC(=O)c1ccc(C(C)(C)C)cc1. The van der Waals surface area contributed by atoms with Gasteiger partial charge in [0.05, 0.1) is 0 Å². The largest absolute Gasteiger partial charge is 0.353 e. The Morgan fingerprint density at radius 2 is 1.61 bits per heavy atom. The standard InChI is InChI=1S/C19H30N2O2/c1-13(2)14(3)21-17(22)11-12-20-18(23)15-7-9-16(10-8-15)19(4,5)6/h7-10,13-14H,11-12H2,1-6H3,(H,20,23)(H,21,22). The summed E-state index contributed by atoms with van der Waals surface area (Å²) in [5, 5.41) is 5.72. The van der Waals surface area contributed by atoms with E-state index in [1.165, 1.54) is 5.56 Å². The van der Waals surface area contributed by atoms with Crippen LogP contribution in [0.5, 0.6) is 0 Å². The summed E-state index contributed by atoms with van der Waals surface area (Å²) in [6.07, 6.45) is 0.295. The van der Waals surface area contributed by atoms with Crippen molar-refractivity contribution in [3.63, 3.8) is 0 Å². The number of hydrogen-bond donors (Lipinski definition) is 2. The van der Waals surface area contributed by atoms with Crippen molar-refractivity contribution in [2.45, 2.75) is 59.4 Å². The fraction of sp³-hybridized carbons (Fsp3) is 0.579. The van der Waals surface area contributed by atoms with Gasteiger partial charge in [0.15, 0.2) is 0 Å². The Balaban J connectivity index is 2.44. The number of benzene rings is 1. The molecule has 128 valence electrons. The quantitative estimate of drug-likeness (QED) is 0.846. The van der Waals surface area contributed by atoms with Crippen molar-refractivity contribution in [2.75, 3.05) is 6.54 Å². The Morgan fingerprint density at radius 3 is 2.09 bits per heavy atom. The third-order valence-corrected chi connectivity index (χ3v) is 4.04. The van der Waals surface area contributed by atoms with E-state index in [4.69, 9.17) is 0 Å². The van der Waals surface area contributed by atoms with Crippen LogP contribution in [0.3, 0.4) is 0 Å². The van der Waals surface area contributed by atoms with Crippen LogP contribution in [0.1, 0.15) is 63.9 Å². The second-order valence-electron chi connectivity index (χ2n) is 7.43. The van der Waals surface area contributed by atoms with E-state index in [0.717, 1.165) is 0 Å². The summed E-state index contributed by atoms with van der Waals surface area (Å²) < 4.78 is 0. The number of carbonyl (C=O) groups excluding carboxylic acids is 2. The van der Waals surface area contributed by atoms with Gasteiger partial charge in [0.2, 0.25) is 5.91 Å². The van der Waals surface area contributed by atoms with Gasteiger partial charge in [0.1, 0.15) is 0 Å². The van der Waals surface area contributed by atoms with Crippen molar-refractivity contribution in [2.24, 2.45) is 5.92 Å². The van der Waals surface area contributed by atoms with Gasteiger partial charge in [-0.3, -0.25) is 9.59 Å². The van der Waals surface area contributed by atoms with Gasteiger partial charge in [-0.2, -0.15) is 0 Å². The van der Waals surface area contributed by atoms with Gasteiger partial charge in [0.25, 0.3) is 5.91 Å². The van der Waals surface area contributed by atoms with Crippen molar-refractivity contribution < 1.29 is 9.59 Å². The van der Waals surface area contributed by atoms with Crippen molar-refractivity contribution in [3.8, 4) is 0 Å². The molecule has 0 aliphatic carbocycles. The van der Waals surface area contributed by atoms with E-state index in [9.17, 15) is 9.59 Å². The molecule has 0 bridgehead atoms. The maximum absolute atomic E-state index is 12.1. The lowest BCUT2D eigenvalue weighted by molar-refractivity contribution is -0.121. The van der Waals surface area contributed by atoms with Crippen LogP contribution in [0.2, 0.25) is 0 Å². The van der Waals surface area contributed by atoms with Crippen LogP contribution in [0.25, 0.3) is 0 Å². The van der Waals surface area contributed by atoms with Crippen LogP contribution in [-0.4, -0.2) is 24.4 Å². The van der Waals surface area contributed by atoms with Crippen LogP contribution in [-0.2, 0) is 10.2 Å². The normalized spacial score (nSPS) is 12.8. The average Bonchev–Trinajstić information content (AvgIpc) is 2.46. The zero-order valence-electron chi connectivity index (χ0n) is 15.2. The van der Waals surface area contributed by atoms with Crippen molar-refractivity contribution >= 4 is 11.8 Å². The van der Waals surface area contributed by atoms with Gasteiger partial charge in [0, 0.05) is 24.6 Å². The Kier molecular flexibility index (Phi) is 6.79. The van der Waals surface area contributed by atoms with Crippen molar-refractivity contribution in [1.29, 1.82) is 0 Å². The van der Waals surface area contributed by atoms with E-state index in [1.54, 1.807) is 0 Å². The zero-order valence-corrected chi connectivity index (χ0v) is 15.2. The smallest absolute Gasteiger partial charge is 0.251 e. The van der Waals surface area contributed by atoms with Crippen molar-refractivity contribution in [3.05, 3.63) is 35.4 Å². The third kappa shape index (κ3) is 6.43. The second kappa shape index (κ2) is 8.14. The predicted molar refractivity (Wildman–Crippen MR) is 94.5 cm³/mol. The monoisotopic (exact) mass is 318 g/mol. The van der Waals surface area contributed by atoms with Crippen LogP contribution < -0.4 is 10.6 Å². The summed E-state index contributed by atoms with van der Waals surface area (Å²) in [6, 6.07) is 7.76. The first-order valence-electron chi connectivity index (χ1n) is 8.29. The van der Waals surface area contributed by atoms with E-state index in [-0.39, 0.29) is 23.3 Å². The minimum absolute atomic E-state index is 0.0328. The molecular formula is C19H30N2O2. The molecule has 0 aliphatic heterocycles. The Hall–Kier alpha value is -1.84. The first-order valence-corrected chi connectivity index (χ1v) is 8.29. The van der Waals surface area contributed by atoms with Gasteiger partial charge in [-0.05, 0) is 36.0 Å². The predicted octanol–water partition coefficient (Wildman–Crippen LogP) is 3.26. The Morgan fingerprint density at radius 1 is 1.04 bits per heavy atom. The third-order valence-electron chi connectivity index (χ3n) is 4.04. The first kappa shape index (κ1) is 19.2. The number of hydrogen-bond acceptors (Lipinski definition) is 2. The summed E-state index contributed by atoms with van der Waals surface area (Å²) in [5.74, 6) is 0.222. The molecule has 0 heterocycles. The summed E-state index contributed by atoms with van der Waals surface area (Å²) in [6.45, 7) is 12.9. The molecule has 1 unspecified atom stereocenters. The maximum Gasteiger partial charge on any atom is 0.251 e. The highest BCUT2D eigenvalue weighted by molar-refractivity contribution is 5.94. The van der Waals surface area contributed by atoms with Crippen LogP contribution in [0, 0.1) is 5.92 Å². The minimum Gasteiger partial charge on any atom is -0.353 e. The highest BCUT2D eigenvalue weighted by atomic mass is 16.2. The Labute approximate surface area is 140 Å². The summed E-state index contributed by atoms with van der Waals surface area (Å²) in [5.41, 5.74) is 1.88. The van der Waals surface area contributed by atoms with E-state index >= 15 is 0 Å². The van der Waals surface area contributed by atoms with E-state index in [0.29, 0.717) is 24.4 Å². The fourth-order valence-corrected chi connectivity index (χ4v) is 2.01. The van der Waals surface area contributed by atoms with E-state index in [1.807, 2.05) is 31.2 Å². The molecule has 0 aromatic heterocycles. The highest BCUT2D eigenvalue weighted by Gasteiger charge is 2.14. The molecule has 1 rings (SSSR count). The lowest BCUT2D eigenvalue weighted by atomic mass is 9.87. The van der Waals surface area contributed by atoms with Gasteiger partial charge in [-0.25, -0.2) is 0 Å². The molecule has 23 heavy (non-hydrogen) atoms. The molecule has 1 aromatic rings. The highest BCUT2D eigenvalue weighted by Crippen LogP contribution is 2.22. The molecule has 0 saturated carbocycles. The molecule has 0 aliphatic rings. The lowest BCUT2D eigenvalue weighted by Crippen LogP contribution is -2.38. The van der Waals surface area contributed by atoms with Crippen LogP contribution in [0.4, 0.5) is 0 Å². The molecule has 1 atom stereocenters. The van der Waals surface area contributed by atoms with E-state index in [2.05, 4.69) is 45.3 Å². The molecular weight excluding hydrogens is 288 g/mol. The van der Waals surface area contributed by atoms with Gasteiger partial charge < -0.3 is 10.6 Å². The molecule has 2 N–H and O–H groups in total. The Bertz CT molecular complexity index is 527. The van der Waals surface area contributed by atoms with Gasteiger partial charge in [-0.15, -0.1) is 0 Å². The number of nitrogens with one attached hydrogen (secondary N) is 2. The molecule has 2 amide bonds. The van der Waals surface area contributed by atoms with E-state index < -0.39 is 0 Å². The maximum atomic E-state index is 12.1. The second-order valence-corrected chi connectivity index (χ2v) is 7.43. The topological polar surface area (TPSA) is 58.2 Å². The molecule has 0 radical (unpaired) electrons. The first-order chi connectivity index (χ1) is 10.6. The number of amides is 2. The molecule has 0 fully saturated rings. The summed E-state index contributed by atoms with van der Waals surface area (Å²) in [7, 11) is 0. The van der Waals surface area contributed by atoms with Gasteiger partial charge in [-0.1, -0.05) is 46.8 Å². The molecule has 0 spiro atoms. The van der Waals surface area contributed by atoms with Crippen molar-refractivity contribution in [1.82, 2.24) is 10.6 Å². The van der Waals surface area contributed by atoms with Crippen LogP contribution >= 0.6 is 0 Å². The summed E-state index contributed by atoms with van der Waals surface area (Å²) in [4.78, 5) is 23.8. The molecule has 0 saturated heterocycles. The molecule has 1 aromatic carbocycles. The lowest BCUT2D eigenvalue weighted by Gasteiger charge is -2.19. The average molecular weight is 318 g/mol. The van der Waals surface area contributed by atoms with Gasteiger partial charge >= 0.3 is 0 Å². The number of rotatable bonds is 6. The zero-order chi connectivity index (χ0) is 17.6. The van der Waals surface area contributed by atoms with Crippen LogP contribution in [0.15, 0.2) is 24.3 Å². The molecule has 4 heteroatoms.